The predicted molar refractivity (Wildman–Crippen MR) is 108 cm³/mol. The standard InChI is InChI=1S/C22H32N4/c1-4-25-21(23-16-22(25)24-12-7-8-13-24)15-17(2)26-14-11-19-9-5-6-10-20(19)18(26)3/h4-6,9-10,17-18,22H,1,7-8,11-16H2,2-3H3/t17?,18-,22?/m1/s1. The third-order valence-electron chi connectivity index (χ3n) is 6.50. The van der Waals surface area contributed by atoms with E-state index in [1.54, 1.807) is 0 Å². The van der Waals surface area contributed by atoms with Crippen molar-refractivity contribution in [2.75, 3.05) is 26.2 Å². The molecule has 0 saturated carbocycles. The average molecular weight is 353 g/mol. The molecule has 4 rings (SSSR count). The molecule has 26 heavy (non-hydrogen) atoms. The molecule has 2 unspecified atom stereocenters. The maximum absolute atomic E-state index is 4.92. The molecule has 1 aromatic rings. The molecule has 140 valence electrons. The van der Waals surface area contributed by atoms with Crippen LogP contribution in [-0.4, -0.2) is 58.9 Å². The summed E-state index contributed by atoms with van der Waals surface area (Å²) in [5, 5.41) is 0. The molecule has 1 aromatic carbocycles. The molecule has 0 amide bonds. The summed E-state index contributed by atoms with van der Waals surface area (Å²) in [6, 6.07) is 9.88. The Morgan fingerprint density at radius 2 is 2.00 bits per heavy atom. The maximum atomic E-state index is 4.92. The molecule has 3 heterocycles. The quantitative estimate of drug-likeness (QED) is 0.807. The van der Waals surface area contributed by atoms with Gasteiger partial charge in [0.1, 0.15) is 12.0 Å². The number of amidine groups is 1. The Balaban J connectivity index is 1.43. The fourth-order valence-electron chi connectivity index (χ4n) is 5.03. The lowest BCUT2D eigenvalue weighted by atomic mass is 9.92. The highest BCUT2D eigenvalue weighted by Crippen LogP contribution is 2.32. The molecule has 4 heteroatoms. The van der Waals surface area contributed by atoms with E-state index in [4.69, 9.17) is 4.99 Å². The van der Waals surface area contributed by atoms with E-state index in [0.717, 1.165) is 25.9 Å². The largest absolute Gasteiger partial charge is 0.319 e. The number of benzene rings is 1. The van der Waals surface area contributed by atoms with Crippen molar-refractivity contribution in [2.45, 2.75) is 57.8 Å². The monoisotopic (exact) mass is 352 g/mol. The van der Waals surface area contributed by atoms with Gasteiger partial charge in [-0.2, -0.15) is 0 Å². The topological polar surface area (TPSA) is 22.1 Å². The van der Waals surface area contributed by atoms with Gasteiger partial charge in [0, 0.05) is 38.1 Å². The van der Waals surface area contributed by atoms with Crippen LogP contribution in [0.4, 0.5) is 0 Å². The van der Waals surface area contributed by atoms with Gasteiger partial charge in [-0.15, -0.1) is 0 Å². The molecule has 0 aliphatic carbocycles. The van der Waals surface area contributed by atoms with E-state index in [2.05, 4.69) is 59.4 Å². The summed E-state index contributed by atoms with van der Waals surface area (Å²) in [5.74, 6) is 1.22. The van der Waals surface area contributed by atoms with Crippen molar-refractivity contribution >= 4 is 5.84 Å². The molecule has 0 spiro atoms. The Kier molecular flexibility index (Phi) is 5.14. The van der Waals surface area contributed by atoms with Crippen molar-refractivity contribution < 1.29 is 0 Å². The Morgan fingerprint density at radius 1 is 1.23 bits per heavy atom. The van der Waals surface area contributed by atoms with Gasteiger partial charge in [-0.25, -0.2) is 0 Å². The van der Waals surface area contributed by atoms with Gasteiger partial charge in [0.05, 0.1) is 6.54 Å². The first-order chi connectivity index (χ1) is 12.7. The van der Waals surface area contributed by atoms with Crippen LogP contribution in [0.1, 0.15) is 50.3 Å². The summed E-state index contributed by atoms with van der Waals surface area (Å²) in [6.45, 7) is 13.2. The second-order valence-corrected chi connectivity index (χ2v) is 7.99. The first kappa shape index (κ1) is 17.7. The molecule has 1 fully saturated rings. The first-order valence-electron chi connectivity index (χ1n) is 10.2. The van der Waals surface area contributed by atoms with Crippen LogP contribution in [0.2, 0.25) is 0 Å². The van der Waals surface area contributed by atoms with Crippen LogP contribution in [0.15, 0.2) is 42.0 Å². The third kappa shape index (κ3) is 3.21. The highest BCUT2D eigenvalue weighted by atomic mass is 15.4. The van der Waals surface area contributed by atoms with E-state index in [9.17, 15) is 0 Å². The zero-order valence-corrected chi connectivity index (χ0v) is 16.3. The van der Waals surface area contributed by atoms with Crippen molar-refractivity contribution in [2.24, 2.45) is 4.99 Å². The Hall–Kier alpha value is -1.65. The molecule has 3 aliphatic rings. The molecular weight excluding hydrogens is 320 g/mol. The zero-order valence-electron chi connectivity index (χ0n) is 16.3. The number of hydrogen-bond acceptors (Lipinski definition) is 4. The molecule has 4 nitrogen and oxygen atoms in total. The summed E-state index contributed by atoms with van der Waals surface area (Å²) in [6.07, 6.45) is 7.19. The summed E-state index contributed by atoms with van der Waals surface area (Å²) >= 11 is 0. The van der Waals surface area contributed by atoms with Crippen LogP contribution >= 0.6 is 0 Å². The molecule has 0 bridgehead atoms. The molecule has 3 aliphatic heterocycles. The smallest absolute Gasteiger partial charge is 0.107 e. The van der Waals surface area contributed by atoms with Crippen molar-refractivity contribution in [3.63, 3.8) is 0 Å². The number of nitrogens with zero attached hydrogens (tertiary/aromatic N) is 4. The van der Waals surface area contributed by atoms with Crippen molar-refractivity contribution in [3.8, 4) is 0 Å². The van der Waals surface area contributed by atoms with Crippen molar-refractivity contribution in [1.29, 1.82) is 0 Å². The number of hydrogen-bond donors (Lipinski definition) is 0. The second kappa shape index (κ2) is 7.53. The predicted octanol–water partition coefficient (Wildman–Crippen LogP) is 3.66. The van der Waals surface area contributed by atoms with Crippen LogP contribution in [0, 0.1) is 0 Å². The average Bonchev–Trinajstić information content (AvgIpc) is 3.31. The molecule has 3 atom stereocenters. The maximum Gasteiger partial charge on any atom is 0.107 e. The van der Waals surface area contributed by atoms with E-state index in [-0.39, 0.29) is 0 Å². The number of fused-ring (bicyclic) bond motifs is 1. The van der Waals surface area contributed by atoms with Crippen LogP contribution in [0.3, 0.4) is 0 Å². The Bertz CT molecular complexity index is 676. The SMILES string of the molecule is C=CN1C(CC(C)N2CCc3ccccc3[C@H]2C)=NCC1N1CCCC1. The van der Waals surface area contributed by atoms with E-state index in [0.29, 0.717) is 18.2 Å². The number of rotatable bonds is 5. The van der Waals surface area contributed by atoms with E-state index >= 15 is 0 Å². The van der Waals surface area contributed by atoms with Gasteiger partial charge >= 0.3 is 0 Å². The lowest BCUT2D eigenvalue weighted by Gasteiger charge is -2.40. The van der Waals surface area contributed by atoms with Gasteiger partial charge in [-0.05, 0) is 50.4 Å². The number of likely N-dealkylation sites (tertiary alicyclic amines) is 1. The summed E-state index contributed by atoms with van der Waals surface area (Å²) in [7, 11) is 0. The van der Waals surface area contributed by atoms with E-state index in [1.165, 1.54) is 42.9 Å². The van der Waals surface area contributed by atoms with Crippen LogP contribution < -0.4 is 0 Å². The van der Waals surface area contributed by atoms with Gasteiger partial charge in [0.2, 0.25) is 0 Å². The lowest BCUT2D eigenvalue weighted by molar-refractivity contribution is 0.140. The van der Waals surface area contributed by atoms with Crippen LogP contribution in [0.5, 0.6) is 0 Å². The zero-order chi connectivity index (χ0) is 18.1. The van der Waals surface area contributed by atoms with Gasteiger partial charge in [-0.1, -0.05) is 30.8 Å². The van der Waals surface area contributed by atoms with Crippen LogP contribution in [-0.2, 0) is 6.42 Å². The van der Waals surface area contributed by atoms with E-state index < -0.39 is 0 Å². The Labute approximate surface area is 158 Å². The second-order valence-electron chi connectivity index (χ2n) is 7.99. The minimum Gasteiger partial charge on any atom is -0.319 e. The van der Waals surface area contributed by atoms with Crippen molar-refractivity contribution in [3.05, 3.63) is 48.2 Å². The minimum atomic E-state index is 0.400. The molecule has 0 radical (unpaired) electrons. The summed E-state index contributed by atoms with van der Waals surface area (Å²) in [4.78, 5) is 12.5. The summed E-state index contributed by atoms with van der Waals surface area (Å²) in [5.41, 5.74) is 3.01. The van der Waals surface area contributed by atoms with Gasteiger partial charge < -0.3 is 4.90 Å². The third-order valence-corrected chi connectivity index (χ3v) is 6.50. The minimum absolute atomic E-state index is 0.400. The van der Waals surface area contributed by atoms with Gasteiger partial charge in [0.25, 0.3) is 0 Å². The lowest BCUT2D eigenvalue weighted by Crippen LogP contribution is -2.47. The molecule has 0 N–H and O–H groups in total. The highest BCUT2D eigenvalue weighted by Gasteiger charge is 2.34. The van der Waals surface area contributed by atoms with Crippen molar-refractivity contribution in [1.82, 2.24) is 14.7 Å². The van der Waals surface area contributed by atoms with Gasteiger partial charge in [-0.3, -0.25) is 14.8 Å². The first-order valence-corrected chi connectivity index (χ1v) is 10.2. The molecule has 0 aromatic heterocycles. The fraction of sp³-hybridized carbons (Fsp3) is 0.591. The van der Waals surface area contributed by atoms with Crippen LogP contribution in [0.25, 0.3) is 0 Å². The fourth-order valence-corrected chi connectivity index (χ4v) is 5.03. The highest BCUT2D eigenvalue weighted by molar-refractivity contribution is 5.85. The molecule has 1 saturated heterocycles. The Morgan fingerprint density at radius 3 is 2.77 bits per heavy atom. The van der Waals surface area contributed by atoms with E-state index in [1.807, 2.05) is 6.20 Å². The van der Waals surface area contributed by atoms with Gasteiger partial charge in [0.15, 0.2) is 0 Å². The summed E-state index contributed by atoms with van der Waals surface area (Å²) < 4.78 is 0. The number of aliphatic imine (C=N–C) groups is 1. The molecular formula is C22H32N4. The normalized spacial score (nSPS) is 28.1.